The first kappa shape index (κ1) is 19.5. The van der Waals surface area contributed by atoms with E-state index in [4.69, 9.17) is 27.0 Å². The van der Waals surface area contributed by atoms with Gasteiger partial charge >= 0.3 is 0 Å². The van der Waals surface area contributed by atoms with Gasteiger partial charge in [-0.1, -0.05) is 24.3 Å². The summed E-state index contributed by atoms with van der Waals surface area (Å²) in [6.45, 7) is 4.68. The van der Waals surface area contributed by atoms with Crippen LogP contribution in [0.25, 0.3) is 22.3 Å². The second-order valence-electron chi connectivity index (χ2n) is 6.64. The van der Waals surface area contributed by atoms with E-state index in [0.717, 1.165) is 16.7 Å². The standard InChI is InChI=1S/C21H22N8O/c1-25-16-8-15(6-7-17(16)30-11-23)19-18-20(24)26-12-27-21(18)29(28-19)10-14-4-2-13(9-22)3-5-14/h2-8,12H,1,9-11,22-23H2,(H2,24,26,27). The van der Waals surface area contributed by atoms with Crippen molar-refractivity contribution >= 4 is 29.3 Å². The molecule has 6 N–H and O–H groups in total. The average Bonchev–Trinajstić information content (AvgIpc) is 3.14. The van der Waals surface area contributed by atoms with E-state index in [0.29, 0.717) is 47.1 Å². The first-order valence-electron chi connectivity index (χ1n) is 9.33. The molecule has 2 heterocycles. The maximum Gasteiger partial charge on any atom is 0.164 e. The van der Waals surface area contributed by atoms with E-state index in [9.17, 15) is 0 Å². The van der Waals surface area contributed by atoms with Gasteiger partial charge in [0.05, 0.1) is 11.9 Å². The third kappa shape index (κ3) is 3.59. The van der Waals surface area contributed by atoms with Crippen LogP contribution in [0.15, 0.2) is 53.8 Å². The topological polar surface area (TPSA) is 143 Å². The van der Waals surface area contributed by atoms with Crippen molar-refractivity contribution in [2.75, 3.05) is 12.5 Å². The molecule has 0 amide bonds. The second kappa shape index (κ2) is 8.27. The summed E-state index contributed by atoms with van der Waals surface area (Å²) in [7, 11) is 0. The first-order valence-corrected chi connectivity index (χ1v) is 9.33. The van der Waals surface area contributed by atoms with Crippen LogP contribution >= 0.6 is 0 Å². The van der Waals surface area contributed by atoms with E-state index in [1.54, 1.807) is 6.07 Å². The fourth-order valence-corrected chi connectivity index (χ4v) is 3.30. The van der Waals surface area contributed by atoms with Gasteiger partial charge < -0.3 is 16.2 Å². The van der Waals surface area contributed by atoms with Crippen LogP contribution in [-0.4, -0.2) is 33.2 Å². The molecule has 0 aliphatic rings. The van der Waals surface area contributed by atoms with Crippen molar-refractivity contribution in [3.8, 4) is 17.0 Å². The van der Waals surface area contributed by atoms with Crippen LogP contribution in [0.2, 0.25) is 0 Å². The van der Waals surface area contributed by atoms with E-state index >= 15 is 0 Å². The molecule has 152 valence electrons. The Bertz CT molecular complexity index is 1200. The van der Waals surface area contributed by atoms with E-state index in [-0.39, 0.29) is 6.73 Å². The largest absolute Gasteiger partial charge is 0.476 e. The minimum atomic E-state index is 0.0448. The van der Waals surface area contributed by atoms with Gasteiger partial charge in [-0.15, -0.1) is 0 Å². The predicted molar refractivity (Wildman–Crippen MR) is 117 cm³/mol. The van der Waals surface area contributed by atoms with Crippen molar-refractivity contribution < 1.29 is 4.74 Å². The van der Waals surface area contributed by atoms with Crippen molar-refractivity contribution in [1.82, 2.24) is 19.7 Å². The van der Waals surface area contributed by atoms with Crippen molar-refractivity contribution in [2.45, 2.75) is 13.1 Å². The normalized spacial score (nSPS) is 11.0. The number of hydrogen-bond acceptors (Lipinski definition) is 8. The lowest BCUT2D eigenvalue weighted by Gasteiger charge is -2.08. The number of nitrogens with zero attached hydrogens (tertiary/aromatic N) is 5. The Morgan fingerprint density at radius 2 is 1.80 bits per heavy atom. The first-order chi connectivity index (χ1) is 14.6. The third-order valence-corrected chi connectivity index (χ3v) is 4.79. The highest BCUT2D eigenvalue weighted by Crippen LogP contribution is 2.36. The molecule has 0 bridgehead atoms. The Hall–Kier alpha value is -3.82. The van der Waals surface area contributed by atoms with Gasteiger partial charge in [-0.05, 0) is 36.0 Å². The van der Waals surface area contributed by atoms with Crippen molar-refractivity contribution in [3.63, 3.8) is 0 Å². The smallest absolute Gasteiger partial charge is 0.164 e. The van der Waals surface area contributed by atoms with Gasteiger partial charge in [0.2, 0.25) is 0 Å². The minimum absolute atomic E-state index is 0.0448. The summed E-state index contributed by atoms with van der Waals surface area (Å²) in [6, 6.07) is 13.5. The lowest BCUT2D eigenvalue weighted by molar-refractivity contribution is 0.331. The van der Waals surface area contributed by atoms with Gasteiger partial charge in [0.15, 0.2) is 5.65 Å². The molecule has 0 fully saturated rings. The molecule has 2 aromatic carbocycles. The van der Waals surface area contributed by atoms with Gasteiger partial charge in [0.25, 0.3) is 0 Å². The quantitative estimate of drug-likeness (QED) is 0.317. The molecule has 4 aromatic rings. The van der Waals surface area contributed by atoms with Crippen LogP contribution in [0.3, 0.4) is 0 Å². The Morgan fingerprint density at radius 1 is 1.03 bits per heavy atom. The molecular weight excluding hydrogens is 380 g/mol. The summed E-state index contributed by atoms with van der Waals surface area (Å²) >= 11 is 0. The number of aliphatic imine (C=N–C) groups is 1. The summed E-state index contributed by atoms with van der Waals surface area (Å²) in [5.74, 6) is 0.902. The SMILES string of the molecule is C=Nc1cc(-c2nn(Cc3ccc(CN)cc3)c3ncnc(N)c23)ccc1OCN. The van der Waals surface area contributed by atoms with E-state index in [1.165, 1.54) is 6.33 Å². The Morgan fingerprint density at radius 3 is 2.50 bits per heavy atom. The zero-order valence-electron chi connectivity index (χ0n) is 16.3. The molecule has 0 atom stereocenters. The van der Waals surface area contributed by atoms with Crippen molar-refractivity contribution in [2.24, 2.45) is 16.5 Å². The van der Waals surface area contributed by atoms with Gasteiger partial charge in [-0.2, -0.15) is 5.10 Å². The molecule has 0 radical (unpaired) electrons. The van der Waals surface area contributed by atoms with Crippen LogP contribution in [0.5, 0.6) is 5.75 Å². The van der Waals surface area contributed by atoms with Gasteiger partial charge in [-0.3, -0.25) is 10.7 Å². The number of hydrogen-bond donors (Lipinski definition) is 3. The van der Waals surface area contributed by atoms with Crippen molar-refractivity contribution in [3.05, 3.63) is 59.9 Å². The Kier molecular flexibility index (Phi) is 5.38. The molecule has 30 heavy (non-hydrogen) atoms. The van der Waals surface area contributed by atoms with Crippen LogP contribution in [0.4, 0.5) is 11.5 Å². The van der Waals surface area contributed by atoms with E-state index in [2.05, 4.69) is 21.7 Å². The Labute approximate surface area is 173 Å². The molecule has 0 aliphatic carbocycles. The maximum absolute atomic E-state index is 6.19. The fourth-order valence-electron chi connectivity index (χ4n) is 3.30. The summed E-state index contributed by atoms with van der Waals surface area (Å²) in [5, 5.41) is 5.47. The predicted octanol–water partition coefficient (Wildman–Crippen LogP) is 2.21. The number of aromatic nitrogens is 4. The molecule has 4 rings (SSSR count). The minimum Gasteiger partial charge on any atom is -0.476 e. The number of rotatable bonds is 7. The monoisotopic (exact) mass is 402 g/mol. The average molecular weight is 402 g/mol. The number of ether oxygens (including phenoxy) is 1. The summed E-state index contributed by atoms with van der Waals surface area (Å²) in [4.78, 5) is 12.6. The van der Waals surface area contributed by atoms with Gasteiger partial charge in [-0.25, -0.2) is 14.6 Å². The van der Waals surface area contributed by atoms with Crippen LogP contribution in [-0.2, 0) is 13.1 Å². The molecule has 0 spiro atoms. The number of fused-ring (bicyclic) bond motifs is 1. The zero-order chi connectivity index (χ0) is 21.1. The lowest BCUT2D eigenvalue weighted by atomic mass is 10.1. The molecule has 9 heteroatoms. The molecule has 0 unspecified atom stereocenters. The number of nitrogen functional groups attached to an aromatic ring is 1. The molecule has 0 saturated heterocycles. The number of benzene rings is 2. The lowest BCUT2D eigenvalue weighted by Crippen LogP contribution is -2.07. The van der Waals surface area contributed by atoms with Crippen LogP contribution in [0, 0.1) is 0 Å². The maximum atomic E-state index is 6.19. The molecule has 2 aromatic heterocycles. The highest BCUT2D eigenvalue weighted by atomic mass is 16.5. The summed E-state index contributed by atoms with van der Waals surface area (Å²) in [5.41, 5.74) is 22.2. The van der Waals surface area contributed by atoms with Gasteiger partial charge in [0, 0.05) is 12.1 Å². The second-order valence-corrected chi connectivity index (χ2v) is 6.64. The number of anilines is 1. The molecule has 9 nitrogen and oxygen atoms in total. The number of nitrogens with two attached hydrogens (primary N) is 3. The summed E-state index contributed by atoms with van der Waals surface area (Å²) < 4.78 is 7.20. The zero-order valence-corrected chi connectivity index (χ0v) is 16.3. The molecule has 0 saturated carbocycles. The van der Waals surface area contributed by atoms with Crippen molar-refractivity contribution in [1.29, 1.82) is 0 Å². The third-order valence-electron chi connectivity index (χ3n) is 4.79. The van der Waals surface area contributed by atoms with E-state index < -0.39 is 0 Å². The van der Waals surface area contributed by atoms with E-state index in [1.807, 2.05) is 41.1 Å². The van der Waals surface area contributed by atoms with Gasteiger partial charge in [0.1, 0.15) is 36.0 Å². The highest BCUT2D eigenvalue weighted by Gasteiger charge is 2.18. The Balaban J connectivity index is 1.82. The van der Waals surface area contributed by atoms with Crippen LogP contribution < -0.4 is 21.9 Å². The molecular formula is C21H22N8O. The fraction of sp³-hybridized carbons (Fsp3) is 0.143. The highest BCUT2D eigenvalue weighted by molar-refractivity contribution is 5.98. The van der Waals surface area contributed by atoms with Crippen LogP contribution in [0.1, 0.15) is 11.1 Å². The summed E-state index contributed by atoms with van der Waals surface area (Å²) in [6.07, 6.45) is 1.44. The molecule has 0 aliphatic heterocycles.